The zero-order valence-electron chi connectivity index (χ0n) is 11.2. The molecule has 1 aliphatic heterocycles. The van der Waals surface area contributed by atoms with Gasteiger partial charge in [-0.05, 0) is 18.6 Å². The van der Waals surface area contributed by atoms with Gasteiger partial charge in [0.2, 0.25) is 0 Å². The maximum atomic E-state index is 12.1. The average Bonchev–Trinajstić information content (AvgIpc) is 2.92. The predicted octanol–water partition coefficient (Wildman–Crippen LogP) is 2.05. The number of carbonyl (C=O) groups excluding carboxylic acids is 1. The predicted molar refractivity (Wildman–Crippen MR) is 72.5 cm³/mol. The van der Waals surface area contributed by atoms with Crippen LogP contribution in [-0.4, -0.2) is 35.1 Å². The molecule has 5 nitrogen and oxygen atoms in total. The van der Waals surface area contributed by atoms with Crippen LogP contribution in [0.4, 0.5) is 0 Å². The third-order valence-corrected chi connectivity index (χ3v) is 3.41. The molecule has 20 heavy (non-hydrogen) atoms. The number of hydrogen-bond acceptors (Lipinski definition) is 4. The van der Waals surface area contributed by atoms with Crippen molar-refractivity contribution in [1.82, 2.24) is 9.78 Å². The van der Waals surface area contributed by atoms with Crippen LogP contribution in [0.15, 0.2) is 42.6 Å². The van der Waals surface area contributed by atoms with Crippen molar-refractivity contribution < 1.29 is 14.3 Å². The average molecular weight is 272 g/mol. The molecule has 2 heterocycles. The van der Waals surface area contributed by atoms with Crippen molar-refractivity contribution in [3.63, 3.8) is 0 Å². The molecule has 1 aromatic heterocycles. The summed E-state index contributed by atoms with van der Waals surface area (Å²) in [5.41, 5.74) is 1.56. The summed E-state index contributed by atoms with van der Waals surface area (Å²) in [6.07, 6.45) is 1.49. The summed E-state index contributed by atoms with van der Waals surface area (Å²) >= 11 is 0. The van der Waals surface area contributed by atoms with Gasteiger partial charge < -0.3 is 9.47 Å². The molecule has 0 saturated carbocycles. The van der Waals surface area contributed by atoms with Crippen LogP contribution in [0.2, 0.25) is 0 Å². The van der Waals surface area contributed by atoms with E-state index in [1.54, 1.807) is 16.9 Å². The highest BCUT2D eigenvalue weighted by molar-refractivity contribution is 5.87. The topological polar surface area (TPSA) is 53.4 Å². The Kier molecular flexibility index (Phi) is 3.52. The molecule has 3 rings (SSSR count). The minimum atomic E-state index is -0.349. The SMILES string of the molecule is C[C@H](c1ccccc1)n1nccc1C(=O)OC1COC1. The van der Waals surface area contributed by atoms with Crippen molar-refractivity contribution in [1.29, 1.82) is 0 Å². The van der Waals surface area contributed by atoms with Gasteiger partial charge in [-0.1, -0.05) is 30.3 Å². The monoisotopic (exact) mass is 272 g/mol. The van der Waals surface area contributed by atoms with Crippen molar-refractivity contribution >= 4 is 5.97 Å². The second-order valence-electron chi connectivity index (χ2n) is 4.81. The van der Waals surface area contributed by atoms with Gasteiger partial charge in [0.25, 0.3) is 0 Å². The number of aromatic nitrogens is 2. The number of ether oxygens (including phenoxy) is 2. The van der Waals surface area contributed by atoms with Crippen LogP contribution < -0.4 is 0 Å². The number of nitrogens with zero attached hydrogens (tertiary/aromatic N) is 2. The number of carbonyl (C=O) groups is 1. The van der Waals surface area contributed by atoms with Crippen molar-refractivity contribution in [2.75, 3.05) is 13.2 Å². The van der Waals surface area contributed by atoms with Gasteiger partial charge in [0.05, 0.1) is 19.3 Å². The largest absolute Gasteiger partial charge is 0.453 e. The zero-order valence-corrected chi connectivity index (χ0v) is 11.2. The Bertz CT molecular complexity index is 590. The van der Waals surface area contributed by atoms with E-state index in [1.807, 2.05) is 37.3 Å². The van der Waals surface area contributed by atoms with E-state index >= 15 is 0 Å². The molecule has 0 N–H and O–H groups in total. The molecule has 1 aliphatic rings. The minimum absolute atomic E-state index is 0.0219. The van der Waals surface area contributed by atoms with Gasteiger partial charge in [-0.15, -0.1) is 0 Å². The lowest BCUT2D eigenvalue weighted by molar-refractivity contribution is -0.104. The normalized spacial score (nSPS) is 16.4. The summed E-state index contributed by atoms with van der Waals surface area (Å²) in [5, 5.41) is 4.25. The van der Waals surface area contributed by atoms with Gasteiger partial charge in [0.15, 0.2) is 0 Å². The van der Waals surface area contributed by atoms with Crippen LogP contribution in [0.25, 0.3) is 0 Å². The molecule has 1 atom stereocenters. The summed E-state index contributed by atoms with van der Waals surface area (Å²) in [6, 6.07) is 11.6. The van der Waals surface area contributed by atoms with Crippen LogP contribution in [0.5, 0.6) is 0 Å². The second-order valence-corrected chi connectivity index (χ2v) is 4.81. The molecule has 0 amide bonds. The molecule has 0 bridgehead atoms. The van der Waals surface area contributed by atoms with Gasteiger partial charge >= 0.3 is 5.97 Å². The van der Waals surface area contributed by atoms with E-state index in [0.717, 1.165) is 5.56 Å². The van der Waals surface area contributed by atoms with E-state index in [-0.39, 0.29) is 18.1 Å². The molecule has 1 saturated heterocycles. The quantitative estimate of drug-likeness (QED) is 0.799. The Labute approximate surface area is 117 Å². The molecule has 2 aromatic rings. The highest BCUT2D eigenvalue weighted by atomic mass is 16.6. The van der Waals surface area contributed by atoms with E-state index in [4.69, 9.17) is 9.47 Å². The third kappa shape index (κ3) is 2.44. The molecule has 104 valence electrons. The molecule has 0 unspecified atom stereocenters. The van der Waals surface area contributed by atoms with E-state index in [9.17, 15) is 4.79 Å². The summed E-state index contributed by atoms with van der Waals surface area (Å²) in [7, 11) is 0. The standard InChI is InChI=1S/C15H16N2O3/c1-11(12-5-3-2-4-6-12)17-14(7-8-16-17)15(18)20-13-9-19-10-13/h2-8,11,13H,9-10H2,1H3/t11-/m1/s1. The van der Waals surface area contributed by atoms with Gasteiger partial charge in [0.1, 0.15) is 11.8 Å². The third-order valence-electron chi connectivity index (χ3n) is 3.41. The smallest absolute Gasteiger partial charge is 0.357 e. The van der Waals surface area contributed by atoms with Crippen LogP contribution in [0, 0.1) is 0 Å². The van der Waals surface area contributed by atoms with E-state index in [2.05, 4.69) is 5.10 Å². The van der Waals surface area contributed by atoms with Crippen LogP contribution in [0.3, 0.4) is 0 Å². The zero-order chi connectivity index (χ0) is 13.9. The molecule has 0 spiro atoms. The van der Waals surface area contributed by atoms with Crippen molar-refractivity contribution in [3.05, 3.63) is 53.9 Å². The van der Waals surface area contributed by atoms with E-state index < -0.39 is 0 Å². The summed E-state index contributed by atoms with van der Waals surface area (Å²) < 4.78 is 12.0. The fourth-order valence-corrected chi connectivity index (χ4v) is 2.15. The van der Waals surface area contributed by atoms with Gasteiger partial charge in [-0.2, -0.15) is 5.10 Å². The first-order valence-corrected chi connectivity index (χ1v) is 6.63. The maximum Gasteiger partial charge on any atom is 0.357 e. The highest BCUT2D eigenvalue weighted by Gasteiger charge is 2.26. The van der Waals surface area contributed by atoms with Gasteiger partial charge in [-0.25, -0.2) is 4.79 Å². The Morgan fingerprint density at radius 2 is 2.10 bits per heavy atom. The van der Waals surface area contributed by atoms with Crippen LogP contribution in [0.1, 0.15) is 29.0 Å². The lowest BCUT2D eigenvalue weighted by Gasteiger charge is -2.26. The highest BCUT2D eigenvalue weighted by Crippen LogP contribution is 2.19. The summed E-state index contributed by atoms with van der Waals surface area (Å²) in [4.78, 5) is 12.1. The molecule has 1 fully saturated rings. The van der Waals surface area contributed by atoms with E-state index in [1.165, 1.54) is 0 Å². The Morgan fingerprint density at radius 1 is 1.35 bits per heavy atom. The van der Waals surface area contributed by atoms with Crippen molar-refractivity contribution in [3.8, 4) is 0 Å². The van der Waals surface area contributed by atoms with Crippen LogP contribution >= 0.6 is 0 Å². The first kappa shape index (κ1) is 12.9. The fourth-order valence-electron chi connectivity index (χ4n) is 2.15. The number of esters is 1. The Balaban J connectivity index is 1.80. The van der Waals surface area contributed by atoms with Crippen molar-refractivity contribution in [2.45, 2.75) is 19.1 Å². The Morgan fingerprint density at radius 3 is 2.75 bits per heavy atom. The van der Waals surface area contributed by atoms with Gasteiger partial charge in [-0.3, -0.25) is 4.68 Å². The number of rotatable bonds is 4. The maximum absolute atomic E-state index is 12.1. The molecular weight excluding hydrogens is 256 g/mol. The number of benzene rings is 1. The van der Waals surface area contributed by atoms with Crippen molar-refractivity contribution in [2.24, 2.45) is 0 Å². The first-order valence-electron chi connectivity index (χ1n) is 6.63. The second kappa shape index (κ2) is 5.46. The molecule has 1 aromatic carbocycles. The Hall–Kier alpha value is -2.14. The molecule has 5 heteroatoms. The lowest BCUT2D eigenvalue weighted by atomic mass is 10.1. The lowest BCUT2D eigenvalue weighted by Crippen LogP contribution is -2.38. The minimum Gasteiger partial charge on any atom is -0.453 e. The molecule has 0 radical (unpaired) electrons. The first-order chi connectivity index (χ1) is 9.75. The summed E-state index contributed by atoms with van der Waals surface area (Å²) in [6.45, 7) is 2.97. The fraction of sp³-hybridized carbons (Fsp3) is 0.333. The molecular formula is C15H16N2O3. The van der Waals surface area contributed by atoms with Crippen LogP contribution in [-0.2, 0) is 9.47 Å². The van der Waals surface area contributed by atoms with E-state index in [0.29, 0.717) is 18.9 Å². The van der Waals surface area contributed by atoms with Gasteiger partial charge in [0, 0.05) is 6.20 Å². The number of hydrogen-bond donors (Lipinski definition) is 0. The summed E-state index contributed by atoms with van der Waals surface area (Å²) in [5.74, 6) is -0.349. The molecule has 0 aliphatic carbocycles.